The highest BCUT2D eigenvalue weighted by molar-refractivity contribution is 5.92. The lowest BCUT2D eigenvalue weighted by Crippen LogP contribution is -2.23. The summed E-state index contributed by atoms with van der Waals surface area (Å²) in [4.78, 5) is 11.5. The van der Waals surface area contributed by atoms with Crippen LogP contribution in [0.2, 0.25) is 0 Å². The van der Waals surface area contributed by atoms with Crippen LogP contribution in [-0.4, -0.2) is 19.7 Å². The summed E-state index contributed by atoms with van der Waals surface area (Å²) in [5.41, 5.74) is 4.57. The summed E-state index contributed by atoms with van der Waals surface area (Å²) in [5, 5.41) is 0. The minimum Gasteiger partial charge on any atom is -0.493 e. The maximum atomic E-state index is 12.9. The van der Waals surface area contributed by atoms with Crippen LogP contribution in [0.4, 0.5) is 13.2 Å². The van der Waals surface area contributed by atoms with Crippen molar-refractivity contribution in [3.63, 3.8) is 0 Å². The van der Waals surface area contributed by atoms with E-state index in [-0.39, 0.29) is 12.4 Å². The van der Waals surface area contributed by atoms with Gasteiger partial charge in [-0.25, -0.2) is 4.79 Å². The van der Waals surface area contributed by atoms with Crippen molar-refractivity contribution < 1.29 is 27.4 Å². The number of halogens is 3. The van der Waals surface area contributed by atoms with E-state index in [2.05, 4.69) is 4.74 Å². The lowest BCUT2D eigenvalue weighted by atomic mass is 9.95. The molecule has 1 aliphatic heterocycles. The minimum absolute atomic E-state index is 0.0683. The van der Waals surface area contributed by atoms with Gasteiger partial charge in [-0.2, -0.15) is 13.2 Å². The van der Waals surface area contributed by atoms with E-state index in [4.69, 9.17) is 10.5 Å². The Morgan fingerprint density at radius 2 is 2.16 bits per heavy atom. The van der Waals surface area contributed by atoms with Gasteiger partial charge in [0, 0.05) is 18.0 Å². The Labute approximate surface area is 107 Å². The van der Waals surface area contributed by atoms with Crippen molar-refractivity contribution in [2.24, 2.45) is 5.73 Å². The van der Waals surface area contributed by atoms with Gasteiger partial charge in [0.1, 0.15) is 5.75 Å². The molecule has 104 valence electrons. The topological polar surface area (TPSA) is 61.5 Å². The average molecular weight is 275 g/mol. The third-order valence-electron chi connectivity index (χ3n) is 2.95. The Morgan fingerprint density at radius 3 is 2.74 bits per heavy atom. The van der Waals surface area contributed by atoms with Gasteiger partial charge in [-0.1, -0.05) is 0 Å². The Balaban J connectivity index is 2.63. The van der Waals surface area contributed by atoms with Crippen molar-refractivity contribution >= 4 is 5.97 Å². The zero-order chi connectivity index (χ0) is 14.2. The van der Waals surface area contributed by atoms with Crippen molar-refractivity contribution in [1.82, 2.24) is 0 Å². The third-order valence-corrected chi connectivity index (χ3v) is 2.95. The highest BCUT2D eigenvalue weighted by Crippen LogP contribution is 2.39. The molecule has 1 unspecified atom stereocenters. The predicted octanol–water partition coefficient (Wildman–Crippen LogP) is 2.27. The third kappa shape index (κ3) is 2.51. The summed E-state index contributed by atoms with van der Waals surface area (Å²) < 4.78 is 48.3. The molecule has 0 saturated heterocycles. The molecule has 0 aromatic heterocycles. The lowest BCUT2D eigenvalue weighted by Gasteiger charge is -2.25. The van der Waals surface area contributed by atoms with E-state index in [0.717, 1.165) is 19.2 Å². The van der Waals surface area contributed by atoms with Gasteiger partial charge in [0.25, 0.3) is 0 Å². The molecule has 0 fully saturated rings. The minimum atomic E-state index is -4.66. The number of carbonyl (C=O) groups excluding carboxylic acids is 1. The number of alkyl halides is 3. The summed E-state index contributed by atoms with van der Waals surface area (Å²) in [7, 11) is 1.03. The fourth-order valence-electron chi connectivity index (χ4n) is 1.98. The zero-order valence-electron chi connectivity index (χ0n) is 10.1. The molecule has 1 aliphatic rings. The van der Waals surface area contributed by atoms with Crippen molar-refractivity contribution in [2.75, 3.05) is 13.7 Å². The Hall–Kier alpha value is -1.76. The second-order valence-corrected chi connectivity index (χ2v) is 4.17. The summed E-state index contributed by atoms with van der Waals surface area (Å²) in [6.45, 7) is 0.253. The largest absolute Gasteiger partial charge is 0.493 e. The summed E-state index contributed by atoms with van der Waals surface area (Å²) in [6, 6.07) is 1.46. The number of esters is 1. The summed E-state index contributed by atoms with van der Waals surface area (Å²) >= 11 is 0. The molecule has 0 saturated carbocycles. The summed E-state index contributed by atoms with van der Waals surface area (Å²) in [5.74, 6) is -0.980. The molecule has 0 spiro atoms. The van der Waals surface area contributed by atoms with Gasteiger partial charge in [0.2, 0.25) is 0 Å². The van der Waals surface area contributed by atoms with Crippen LogP contribution < -0.4 is 10.5 Å². The number of nitrogens with two attached hydrogens (primary N) is 1. The maximum Gasteiger partial charge on any atom is 0.417 e. The molecule has 0 amide bonds. The summed E-state index contributed by atoms with van der Waals surface area (Å²) in [6.07, 6.45) is -4.18. The fourth-order valence-corrected chi connectivity index (χ4v) is 1.98. The van der Waals surface area contributed by atoms with Crippen LogP contribution >= 0.6 is 0 Å². The molecule has 2 rings (SSSR count). The number of benzene rings is 1. The SMILES string of the molecule is COC(=O)c1cc2c(cc1C(F)(F)F)OCCC2N. The van der Waals surface area contributed by atoms with Crippen molar-refractivity contribution in [2.45, 2.75) is 18.6 Å². The quantitative estimate of drug-likeness (QED) is 0.799. The highest BCUT2D eigenvalue weighted by atomic mass is 19.4. The van der Waals surface area contributed by atoms with Gasteiger partial charge in [0.15, 0.2) is 0 Å². The van der Waals surface area contributed by atoms with E-state index in [9.17, 15) is 18.0 Å². The normalized spacial score (nSPS) is 18.5. The number of fused-ring (bicyclic) bond motifs is 1. The zero-order valence-corrected chi connectivity index (χ0v) is 10.1. The van der Waals surface area contributed by atoms with Gasteiger partial charge < -0.3 is 15.2 Å². The molecule has 1 aromatic rings. The van der Waals surface area contributed by atoms with Crippen molar-refractivity contribution in [1.29, 1.82) is 0 Å². The maximum absolute atomic E-state index is 12.9. The van der Waals surface area contributed by atoms with Crippen LogP contribution in [0.25, 0.3) is 0 Å². The average Bonchev–Trinajstić information content (AvgIpc) is 2.36. The van der Waals surface area contributed by atoms with E-state index in [1.807, 2.05) is 0 Å². The van der Waals surface area contributed by atoms with E-state index in [0.29, 0.717) is 12.0 Å². The van der Waals surface area contributed by atoms with E-state index in [1.165, 1.54) is 0 Å². The second-order valence-electron chi connectivity index (χ2n) is 4.17. The van der Waals surface area contributed by atoms with E-state index < -0.39 is 29.3 Å². The molecule has 1 aromatic carbocycles. The number of carbonyl (C=O) groups is 1. The molecule has 7 heteroatoms. The van der Waals surface area contributed by atoms with Crippen molar-refractivity contribution in [3.8, 4) is 5.75 Å². The molecule has 19 heavy (non-hydrogen) atoms. The Morgan fingerprint density at radius 1 is 1.47 bits per heavy atom. The number of rotatable bonds is 1. The van der Waals surface area contributed by atoms with Gasteiger partial charge in [-0.05, 0) is 12.1 Å². The van der Waals surface area contributed by atoms with Crippen LogP contribution in [0.15, 0.2) is 12.1 Å². The van der Waals surface area contributed by atoms with E-state index in [1.54, 1.807) is 0 Å². The highest BCUT2D eigenvalue weighted by Gasteiger charge is 2.38. The predicted molar refractivity (Wildman–Crippen MR) is 59.8 cm³/mol. The fraction of sp³-hybridized carbons (Fsp3) is 0.417. The first-order valence-corrected chi connectivity index (χ1v) is 5.56. The number of hydrogen-bond acceptors (Lipinski definition) is 4. The number of ether oxygens (including phenoxy) is 2. The first-order chi connectivity index (χ1) is 8.84. The van der Waals surface area contributed by atoms with Gasteiger partial charge in [-0.3, -0.25) is 0 Å². The number of methoxy groups -OCH3 is 1. The van der Waals surface area contributed by atoms with Crippen LogP contribution in [-0.2, 0) is 10.9 Å². The van der Waals surface area contributed by atoms with Gasteiger partial charge >= 0.3 is 12.1 Å². The molecule has 1 atom stereocenters. The van der Waals surface area contributed by atoms with Crippen LogP contribution in [0, 0.1) is 0 Å². The molecular formula is C12H12F3NO3. The monoisotopic (exact) mass is 275 g/mol. The first-order valence-electron chi connectivity index (χ1n) is 5.56. The number of hydrogen-bond donors (Lipinski definition) is 1. The van der Waals surface area contributed by atoms with Crippen molar-refractivity contribution in [3.05, 3.63) is 28.8 Å². The van der Waals surface area contributed by atoms with Crippen LogP contribution in [0.3, 0.4) is 0 Å². The standard InChI is InChI=1S/C12H12F3NO3/c1-18-11(17)6-4-7-9(16)2-3-19-10(7)5-8(6)12(13,14)15/h4-5,9H,2-3,16H2,1H3. The molecule has 2 N–H and O–H groups in total. The molecule has 0 aliphatic carbocycles. The second kappa shape index (κ2) is 4.73. The first kappa shape index (κ1) is 13.7. The molecule has 4 nitrogen and oxygen atoms in total. The van der Waals surface area contributed by atoms with Gasteiger partial charge in [-0.15, -0.1) is 0 Å². The smallest absolute Gasteiger partial charge is 0.417 e. The van der Waals surface area contributed by atoms with Crippen LogP contribution in [0.5, 0.6) is 5.75 Å². The Bertz CT molecular complexity index is 514. The lowest BCUT2D eigenvalue weighted by molar-refractivity contribution is -0.138. The molecule has 0 radical (unpaired) electrons. The molecular weight excluding hydrogens is 263 g/mol. The van der Waals surface area contributed by atoms with E-state index >= 15 is 0 Å². The van der Waals surface area contributed by atoms with Gasteiger partial charge in [0.05, 0.1) is 24.8 Å². The molecule has 1 heterocycles. The Kier molecular flexibility index (Phi) is 3.40. The van der Waals surface area contributed by atoms with Crippen LogP contribution in [0.1, 0.15) is 33.9 Å². The molecule has 0 bridgehead atoms.